The first-order chi connectivity index (χ1) is 19.4. The minimum absolute atomic E-state index is 0.0762. The molecule has 3 heterocycles. The predicted octanol–water partition coefficient (Wildman–Crippen LogP) is 0.616. The van der Waals surface area contributed by atoms with Crippen molar-refractivity contribution in [2.75, 3.05) is 13.1 Å². The highest BCUT2D eigenvalue weighted by atomic mass is 16.7. The maximum Gasteiger partial charge on any atom is 0.303 e. The van der Waals surface area contributed by atoms with Gasteiger partial charge >= 0.3 is 11.9 Å². The number of carbonyl (C=O) groups is 2. The zero-order valence-electron chi connectivity index (χ0n) is 25.3. The van der Waals surface area contributed by atoms with Crippen LogP contribution in [0.2, 0.25) is 0 Å². The number of piperidine rings is 2. The summed E-state index contributed by atoms with van der Waals surface area (Å²) >= 11 is 0. The smallest absolute Gasteiger partial charge is 0.303 e. The second-order valence-corrected chi connectivity index (χ2v) is 15.5. The van der Waals surface area contributed by atoms with Crippen LogP contribution in [-0.2, 0) is 23.8 Å². The molecule has 4 aliphatic carbocycles. The molecule has 7 aliphatic rings. The Kier molecular flexibility index (Phi) is 5.92. The van der Waals surface area contributed by atoms with Crippen molar-refractivity contribution in [2.24, 2.45) is 29.1 Å². The van der Waals surface area contributed by atoms with Gasteiger partial charge in [0.05, 0.1) is 5.60 Å². The second-order valence-electron chi connectivity index (χ2n) is 15.5. The van der Waals surface area contributed by atoms with E-state index in [1.54, 1.807) is 6.92 Å². The fraction of sp³-hybridized carbons (Fsp3) is 0.935. The van der Waals surface area contributed by atoms with Gasteiger partial charge in [0.1, 0.15) is 28.5 Å². The highest BCUT2D eigenvalue weighted by molar-refractivity contribution is 5.67. The van der Waals surface area contributed by atoms with Gasteiger partial charge in [0.25, 0.3) is 0 Å². The predicted molar refractivity (Wildman–Crippen MR) is 145 cm³/mol. The molecule has 11 heteroatoms. The van der Waals surface area contributed by atoms with Crippen molar-refractivity contribution in [3.63, 3.8) is 0 Å². The molecular formula is C31H47NO10. The lowest BCUT2D eigenvalue weighted by molar-refractivity contribution is -0.354. The van der Waals surface area contributed by atoms with Crippen molar-refractivity contribution in [1.29, 1.82) is 0 Å². The van der Waals surface area contributed by atoms with Crippen LogP contribution < -0.4 is 0 Å². The number of rotatable bonds is 2. The molecule has 236 valence electrons. The Morgan fingerprint density at radius 3 is 2.12 bits per heavy atom. The molecule has 3 saturated heterocycles. The summed E-state index contributed by atoms with van der Waals surface area (Å²) in [5, 5.41) is 63.0. The molecule has 0 radical (unpaired) electrons. The van der Waals surface area contributed by atoms with Crippen molar-refractivity contribution < 1.29 is 49.3 Å². The van der Waals surface area contributed by atoms with E-state index in [1.807, 2.05) is 6.92 Å². The van der Waals surface area contributed by atoms with E-state index in [1.165, 1.54) is 13.8 Å². The minimum atomic E-state index is -2.06. The normalized spacial score (nSPS) is 59.6. The van der Waals surface area contributed by atoms with Gasteiger partial charge in [-0.2, -0.15) is 0 Å². The zero-order chi connectivity index (χ0) is 30.5. The van der Waals surface area contributed by atoms with Crippen LogP contribution in [0.5, 0.6) is 0 Å². The Labute approximate surface area is 246 Å². The highest BCUT2D eigenvalue weighted by Crippen LogP contribution is 2.78. The third-order valence-electron chi connectivity index (χ3n) is 13.6. The number of fused-ring (bicyclic) bond motifs is 5. The van der Waals surface area contributed by atoms with Crippen LogP contribution in [0.15, 0.2) is 0 Å². The van der Waals surface area contributed by atoms with Gasteiger partial charge in [0, 0.05) is 69.0 Å². The summed E-state index contributed by atoms with van der Waals surface area (Å²) in [4.78, 5) is 26.5. The lowest BCUT2D eigenvalue weighted by atomic mass is 9.48. The fourth-order valence-corrected chi connectivity index (χ4v) is 11.9. The molecule has 3 aliphatic heterocycles. The highest BCUT2D eigenvalue weighted by Gasteiger charge is 2.89. The quantitative estimate of drug-likeness (QED) is 0.285. The van der Waals surface area contributed by atoms with E-state index in [0.717, 1.165) is 6.42 Å². The number of hydrogen-bond donors (Lipinski definition) is 5. The SMILES string of the molecule is CC(=O)O[C@H]1C[C@@]2(O)[C@@H]3CC[C@@H]4[C@]5(O)O[C@@]3(C[C@@]2(O)[C@@H]2CN3C[C@@H](C)CC[C@H]3[C@@](C)(O)[C@@]12O)[C@@]4(C)CC[C@H]5OC(C)=O. The Bertz CT molecular complexity index is 1210. The molecule has 11 nitrogen and oxygen atoms in total. The number of ether oxygens (including phenoxy) is 3. The van der Waals surface area contributed by atoms with Crippen molar-refractivity contribution in [3.05, 3.63) is 0 Å². The summed E-state index contributed by atoms with van der Waals surface area (Å²) < 4.78 is 18.1. The van der Waals surface area contributed by atoms with E-state index in [9.17, 15) is 35.1 Å². The maximum absolute atomic E-state index is 13.0. The number of nitrogens with zero attached hydrogens (tertiary/aromatic N) is 1. The molecule has 0 aromatic carbocycles. The van der Waals surface area contributed by atoms with Crippen LogP contribution in [0.25, 0.3) is 0 Å². The Morgan fingerprint density at radius 2 is 1.45 bits per heavy atom. The van der Waals surface area contributed by atoms with E-state index < -0.39 is 87.1 Å². The summed E-state index contributed by atoms with van der Waals surface area (Å²) in [6, 6.07) is -0.418. The van der Waals surface area contributed by atoms with E-state index in [0.29, 0.717) is 44.6 Å². The average molecular weight is 594 g/mol. The Hall–Kier alpha value is -1.34. The van der Waals surface area contributed by atoms with Gasteiger partial charge in [-0.15, -0.1) is 0 Å². The molecular weight excluding hydrogens is 546 g/mol. The first kappa shape index (κ1) is 29.4. The topological polar surface area (TPSA) is 166 Å². The van der Waals surface area contributed by atoms with Crippen LogP contribution in [0.4, 0.5) is 0 Å². The summed E-state index contributed by atoms with van der Waals surface area (Å²) in [5.41, 5.74) is -9.49. The summed E-state index contributed by atoms with van der Waals surface area (Å²) in [7, 11) is 0. The van der Waals surface area contributed by atoms with E-state index in [2.05, 4.69) is 11.8 Å². The van der Waals surface area contributed by atoms with Gasteiger partial charge in [-0.3, -0.25) is 14.5 Å². The molecule has 7 fully saturated rings. The molecule has 4 saturated carbocycles. The summed E-state index contributed by atoms with van der Waals surface area (Å²) in [5.74, 6) is -4.74. The van der Waals surface area contributed by atoms with Gasteiger partial charge in [0.2, 0.25) is 5.79 Å². The van der Waals surface area contributed by atoms with Gasteiger partial charge in [0.15, 0.2) is 6.10 Å². The molecule has 0 amide bonds. The number of aliphatic hydroxyl groups is 5. The van der Waals surface area contributed by atoms with Gasteiger partial charge < -0.3 is 39.7 Å². The van der Waals surface area contributed by atoms with Crippen molar-refractivity contribution >= 4 is 11.9 Å². The molecule has 0 aromatic heterocycles. The van der Waals surface area contributed by atoms with Crippen molar-refractivity contribution in [2.45, 2.75) is 138 Å². The number of hydrogen-bond acceptors (Lipinski definition) is 11. The van der Waals surface area contributed by atoms with Gasteiger partial charge in [-0.1, -0.05) is 13.8 Å². The molecule has 7 rings (SSSR count). The van der Waals surface area contributed by atoms with Crippen LogP contribution in [0.1, 0.15) is 86.0 Å². The minimum Gasteiger partial charge on any atom is -0.459 e. The zero-order valence-corrected chi connectivity index (χ0v) is 25.3. The first-order valence-electron chi connectivity index (χ1n) is 15.8. The van der Waals surface area contributed by atoms with Gasteiger partial charge in [-0.25, -0.2) is 0 Å². The number of carbonyl (C=O) groups excluding carboxylic acids is 2. The van der Waals surface area contributed by atoms with E-state index in [4.69, 9.17) is 14.2 Å². The standard InChI is InChI=1S/C31H47NO10/c1-16-6-9-22-26(5,35)30(38)21(14-32(22)13-16)28(37)15-29-20(27(28,36)12-24(30)41-18(3)34)8-7-19-25(29,4)11-10-23(40-17(2)33)31(19,39)42-29/h16,19-24,35-39H,6-15H2,1-5H3/t16-,19-,20-,21-,22-,23+,24-,25-,26+,27+,28+,29+,30-,31-/m0/s1. The van der Waals surface area contributed by atoms with Crippen LogP contribution in [-0.4, -0.2) is 108 Å². The maximum atomic E-state index is 13.0. The molecule has 42 heavy (non-hydrogen) atoms. The Balaban J connectivity index is 1.38. The van der Waals surface area contributed by atoms with Gasteiger partial charge in [-0.05, 0) is 51.4 Å². The van der Waals surface area contributed by atoms with E-state index >= 15 is 0 Å². The molecule has 0 aromatic rings. The Morgan fingerprint density at radius 1 is 0.810 bits per heavy atom. The molecule has 1 spiro atoms. The first-order valence-corrected chi connectivity index (χ1v) is 15.8. The second kappa shape index (κ2) is 8.47. The average Bonchev–Trinajstić information content (AvgIpc) is 3.05. The molecule has 4 bridgehead atoms. The van der Waals surface area contributed by atoms with Crippen LogP contribution in [0, 0.1) is 29.1 Å². The molecule has 14 atom stereocenters. The lowest BCUT2D eigenvalue weighted by Crippen LogP contribution is -2.85. The third-order valence-corrected chi connectivity index (χ3v) is 13.6. The van der Waals surface area contributed by atoms with Crippen molar-refractivity contribution in [3.8, 4) is 0 Å². The molecule has 5 N–H and O–H groups in total. The fourth-order valence-electron chi connectivity index (χ4n) is 11.9. The molecule has 0 unspecified atom stereocenters. The monoisotopic (exact) mass is 593 g/mol. The summed E-state index contributed by atoms with van der Waals surface area (Å²) in [6.07, 6.45) is 0.814. The lowest BCUT2D eigenvalue weighted by Gasteiger charge is -2.68. The third kappa shape index (κ3) is 3.12. The summed E-state index contributed by atoms with van der Waals surface area (Å²) in [6.45, 7) is 9.14. The van der Waals surface area contributed by atoms with Crippen LogP contribution in [0.3, 0.4) is 0 Å². The number of esters is 2. The van der Waals surface area contributed by atoms with Crippen molar-refractivity contribution in [1.82, 2.24) is 4.90 Å². The van der Waals surface area contributed by atoms with E-state index in [-0.39, 0.29) is 19.4 Å². The largest absolute Gasteiger partial charge is 0.459 e. The van der Waals surface area contributed by atoms with Crippen LogP contribution >= 0.6 is 0 Å².